The Morgan fingerprint density at radius 3 is 2.27 bits per heavy atom. The molecule has 1 aromatic carbocycles. The summed E-state index contributed by atoms with van der Waals surface area (Å²) < 4.78 is 46.1. The summed E-state index contributed by atoms with van der Waals surface area (Å²) in [5.74, 6) is -2.63. The first-order valence-electron chi connectivity index (χ1n) is 8.84. The molecule has 0 radical (unpaired) electrons. The fraction of sp³-hybridized carbons (Fsp3) is 0.611. The molecule has 26 heavy (non-hydrogen) atoms. The fourth-order valence-electron chi connectivity index (χ4n) is 3.03. The maximum absolute atomic E-state index is 15.0. The molecular weight excluding hydrogens is 343 g/mol. The van der Waals surface area contributed by atoms with E-state index in [0.717, 1.165) is 6.07 Å². The van der Waals surface area contributed by atoms with Gasteiger partial charge in [-0.1, -0.05) is 6.07 Å². The van der Waals surface area contributed by atoms with Gasteiger partial charge in [-0.15, -0.1) is 0 Å². The molecule has 3 rings (SSSR count). The SMILES string of the molecule is CC1(C)OB(c2ccc(F)c(C(=O)NC3CCOCC3)c2F)OC1(C)C. The topological polar surface area (TPSA) is 56.8 Å². The van der Waals surface area contributed by atoms with Crippen LogP contribution in [0.4, 0.5) is 8.78 Å². The maximum Gasteiger partial charge on any atom is 0.497 e. The third kappa shape index (κ3) is 3.50. The van der Waals surface area contributed by atoms with Crippen molar-refractivity contribution in [2.75, 3.05) is 13.2 Å². The highest BCUT2D eigenvalue weighted by Crippen LogP contribution is 2.36. The third-order valence-electron chi connectivity index (χ3n) is 5.41. The van der Waals surface area contributed by atoms with Crippen LogP contribution < -0.4 is 10.8 Å². The van der Waals surface area contributed by atoms with E-state index in [-0.39, 0.29) is 11.5 Å². The molecule has 1 amide bonds. The van der Waals surface area contributed by atoms with Crippen molar-refractivity contribution >= 4 is 18.5 Å². The van der Waals surface area contributed by atoms with Gasteiger partial charge in [0.25, 0.3) is 5.91 Å². The highest BCUT2D eigenvalue weighted by Gasteiger charge is 2.52. The van der Waals surface area contributed by atoms with Gasteiger partial charge in [0.2, 0.25) is 0 Å². The predicted octanol–water partition coefficient (Wildman–Crippen LogP) is 2.17. The first-order chi connectivity index (χ1) is 12.1. The molecule has 0 atom stereocenters. The standard InChI is InChI=1S/C18H24BF2NO4/c1-17(2)18(3,4)26-19(25-17)12-5-6-13(20)14(15(12)21)16(23)22-11-7-9-24-10-8-11/h5-6,11H,7-10H2,1-4H3,(H,22,23). The fourth-order valence-corrected chi connectivity index (χ4v) is 3.03. The summed E-state index contributed by atoms with van der Waals surface area (Å²) in [5.41, 5.74) is -1.92. The van der Waals surface area contributed by atoms with Crippen molar-refractivity contribution in [1.29, 1.82) is 0 Å². The molecule has 8 heteroatoms. The van der Waals surface area contributed by atoms with Crippen LogP contribution >= 0.6 is 0 Å². The molecule has 0 unspecified atom stereocenters. The van der Waals surface area contributed by atoms with Crippen molar-refractivity contribution in [2.45, 2.75) is 57.8 Å². The van der Waals surface area contributed by atoms with Gasteiger partial charge >= 0.3 is 7.12 Å². The molecule has 2 heterocycles. The third-order valence-corrected chi connectivity index (χ3v) is 5.41. The first-order valence-corrected chi connectivity index (χ1v) is 8.84. The van der Waals surface area contributed by atoms with Crippen LogP contribution in [0.1, 0.15) is 50.9 Å². The van der Waals surface area contributed by atoms with Gasteiger partial charge in [0.05, 0.1) is 11.2 Å². The average molecular weight is 367 g/mol. The van der Waals surface area contributed by atoms with Crippen molar-refractivity contribution in [3.05, 3.63) is 29.3 Å². The lowest BCUT2D eigenvalue weighted by atomic mass is 9.77. The quantitative estimate of drug-likeness (QED) is 0.833. The molecule has 0 spiro atoms. The molecule has 0 saturated carbocycles. The summed E-state index contributed by atoms with van der Waals surface area (Å²) >= 11 is 0. The van der Waals surface area contributed by atoms with E-state index in [9.17, 15) is 9.18 Å². The molecule has 2 fully saturated rings. The Morgan fingerprint density at radius 2 is 1.69 bits per heavy atom. The van der Waals surface area contributed by atoms with E-state index in [1.807, 2.05) is 27.7 Å². The smallest absolute Gasteiger partial charge is 0.399 e. The van der Waals surface area contributed by atoms with E-state index in [4.69, 9.17) is 14.0 Å². The number of nitrogens with one attached hydrogen (secondary N) is 1. The van der Waals surface area contributed by atoms with Crippen molar-refractivity contribution in [2.24, 2.45) is 0 Å². The number of benzene rings is 1. The molecule has 1 N–H and O–H groups in total. The first kappa shape index (κ1) is 19.3. The Morgan fingerprint density at radius 1 is 1.12 bits per heavy atom. The van der Waals surface area contributed by atoms with Crippen LogP contribution in [0, 0.1) is 11.6 Å². The predicted molar refractivity (Wildman–Crippen MR) is 93.4 cm³/mol. The summed E-state index contributed by atoms with van der Waals surface area (Å²) in [6.07, 6.45) is 1.23. The molecule has 5 nitrogen and oxygen atoms in total. The van der Waals surface area contributed by atoms with Crippen LogP contribution in [0.3, 0.4) is 0 Å². The number of hydrogen-bond donors (Lipinski definition) is 1. The van der Waals surface area contributed by atoms with E-state index in [0.29, 0.717) is 26.1 Å². The molecule has 0 bridgehead atoms. The number of amides is 1. The van der Waals surface area contributed by atoms with Crippen molar-refractivity contribution < 1.29 is 27.6 Å². The van der Waals surface area contributed by atoms with Crippen LogP contribution in [0.25, 0.3) is 0 Å². The lowest BCUT2D eigenvalue weighted by Crippen LogP contribution is -2.42. The summed E-state index contributed by atoms with van der Waals surface area (Å²) in [6.45, 7) is 8.40. The van der Waals surface area contributed by atoms with Gasteiger partial charge in [-0.05, 0) is 46.6 Å². The zero-order chi connectivity index (χ0) is 19.1. The van der Waals surface area contributed by atoms with Gasteiger partial charge < -0.3 is 19.4 Å². The Labute approximate surface area is 152 Å². The number of rotatable bonds is 3. The van der Waals surface area contributed by atoms with Crippen molar-refractivity contribution in [1.82, 2.24) is 5.32 Å². The second-order valence-electron chi connectivity index (χ2n) is 7.77. The van der Waals surface area contributed by atoms with E-state index >= 15 is 4.39 Å². The number of halogens is 2. The molecule has 0 aromatic heterocycles. The molecule has 0 aliphatic carbocycles. The number of ether oxygens (including phenoxy) is 1. The second kappa shape index (κ2) is 6.90. The van der Waals surface area contributed by atoms with Crippen LogP contribution in [-0.2, 0) is 14.0 Å². The summed E-state index contributed by atoms with van der Waals surface area (Å²) in [5, 5.41) is 2.69. The van der Waals surface area contributed by atoms with E-state index in [1.54, 1.807) is 0 Å². The van der Waals surface area contributed by atoms with E-state index < -0.39 is 41.4 Å². The summed E-state index contributed by atoms with van der Waals surface area (Å²) in [6, 6.07) is 2.18. The zero-order valence-corrected chi connectivity index (χ0v) is 15.5. The number of carbonyl (C=O) groups is 1. The molecule has 2 saturated heterocycles. The minimum atomic E-state index is -1.00. The van der Waals surface area contributed by atoms with Gasteiger partial charge in [0, 0.05) is 24.7 Å². The Hall–Kier alpha value is -1.51. The van der Waals surface area contributed by atoms with Gasteiger partial charge in [0.1, 0.15) is 17.2 Å². The highest BCUT2D eigenvalue weighted by atomic mass is 19.1. The molecule has 1 aromatic rings. The van der Waals surface area contributed by atoms with Crippen molar-refractivity contribution in [3.8, 4) is 0 Å². The average Bonchev–Trinajstić information content (AvgIpc) is 2.76. The van der Waals surface area contributed by atoms with Crippen molar-refractivity contribution in [3.63, 3.8) is 0 Å². The maximum atomic E-state index is 15.0. The Bertz CT molecular complexity index is 689. The van der Waals surface area contributed by atoms with Gasteiger partial charge in [-0.2, -0.15) is 0 Å². The number of carbonyl (C=O) groups excluding carboxylic acids is 1. The summed E-state index contributed by atoms with van der Waals surface area (Å²) in [4.78, 5) is 12.5. The second-order valence-corrected chi connectivity index (χ2v) is 7.77. The molecular formula is C18H24BF2NO4. The van der Waals surface area contributed by atoms with Crippen LogP contribution in [-0.4, -0.2) is 43.5 Å². The number of hydrogen-bond acceptors (Lipinski definition) is 4. The highest BCUT2D eigenvalue weighted by molar-refractivity contribution is 6.62. The van der Waals surface area contributed by atoms with E-state index in [1.165, 1.54) is 6.07 Å². The minimum Gasteiger partial charge on any atom is -0.399 e. The van der Waals surface area contributed by atoms with Crippen LogP contribution in [0.5, 0.6) is 0 Å². The molecule has 2 aliphatic rings. The van der Waals surface area contributed by atoms with Gasteiger partial charge in [0.15, 0.2) is 0 Å². The summed E-state index contributed by atoms with van der Waals surface area (Å²) in [7, 11) is -1.00. The van der Waals surface area contributed by atoms with Crippen LogP contribution in [0.15, 0.2) is 12.1 Å². The Balaban J connectivity index is 1.86. The lowest BCUT2D eigenvalue weighted by Gasteiger charge is -2.32. The van der Waals surface area contributed by atoms with Gasteiger partial charge in [-0.3, -0.25) is 4.79 Å². The molecule has 142 valence electrons. The minimum absolute atomic E-state index is 0.0159. The van der Waals surface area contributed by atoms with Crippen LogP contribution in [0.2, 0.25) is 0 Å². The zero-order valence-electron chi connectivity index (χ0n) is 15.5. The lowest BCUT2D eigenvalue weighted by molar-refractivity contribution is 0.00578. The Kier molecular flexibility index (Phi) is 5.12. The largest absolute Gasteiger partial charge is 0.497 e. The monoisotopic (exact) mass is 367 g/mol. The van der Waals surface area contributed by atoms with Gasteiger partial charge in [-0.25, -0.2) is 8.78 Å². The van der Waals surface area contributed by atoms with E-state index in [2.05, 4.69) is 5.32 Å². The molecule has 2 aliphatic heterocycles. The normalized spacial score (nSPS) is 22.5.